The smallest absolute Gasteiger partial charge is 0.327 e. The number of nitrogens with zero attached hydrogens (tertiary/aromatic N) is 1. The first-order valence-corrected chi connectivity index (χ1v) is 8.19. The number of carbonyl (C=O) groups excluding carboxylic acids is 1. The molecule has 8 heteroatoms. The highest BCUT2D eigenvalue weighted by Crippen LogP contribution is 2.25. The van der Waals surface area contributed by atoms with Gasteiger partial charge in [0.05, 0.1) is 10.7 Å². The first-order valence-electron chi connectivity index (χ1n) is 7.43. The van der Waals surface area contributed by atoms with Crippen LogP contribution in [0, 0.1) is 0 Å². The number of carbonyl (C=O) groups is 2. The van der Waals surface area contributed by atoms with E-state index in [1.165, 1.54) is 6.07 Å². The van der Waals surface area contributed by atoms with Crippen molar-refractivity contribution in [3.8, 4) is 0 Å². The van der Waals surface area contributed by atoms with Crippen LogP contribution >= 0.6 is 23.2 Å². The van der Waals surface area contributed by atoms with E-state index in [2.05, 4.69) is 15.5 Å². The fraction of sp³-hybridized carbons (Fsp3) is 0.467. The van der Waals surface area contributed by atoms with Gasteiger partial charge in [-0.1, -0.05) is 29.6 Å². The van der Waals surface area contributed by atoms with E-state index in [0.29, 0.717) is 10.7 Å². The van der Waals surface area contributed by atoms with Crippen molar-refractivity contribution in [2.45, 2.75) is 25.3 Å². The van der Waals surface area contributed by atoms with Crippen molar-refractivity contribution in [1.29, 1.82) is 0 Å². The zero-order valence-corrected chi connectivity index (χ0v) is 14.0. The number of carboxylic acids is 1. The van der Waals surface area contributed by atoms with Crippen molar-refractivity contribution in [3.63, 3.8) is 0 Å². The summed E-state index contributed by atoms with van der Waals surface area (Å²) in [6, 6.07) is 3.06. The van der Waals surface area contributed by atoms with Crippen LogP contribution in [0.15, 0.2) is 18.2 Å². The van der Waals surface area contributed by atoms with Crippen LogP contribution in [0.3, 0.4) is 0 Å². The van der Waals surface area contributed by atoms with Gasteiger partial charge in [0.2, 0.25) is 0 Å². The molecule has 0 spiro atoms. The molecule has 1 saturated heterocycles. The van der Waals surface area contributed by atoms with E-state index in [9.17, 15) is 14.7 Å². The van der Waals surface area contributed by atoms with Gasteiger partial charge in [0.25, 0.3) is 0 Å². The lowest BCUT2D eigenvalue weighted by atomic mass is 10.1. The first-order chi connectivity index (χ1) is 11.0. The summed E-state index contributed by atoms with van der Waals surface area (Å²) in [5.74, 6) is -1.06. The van der Waals surface area contributed by atoms with Gasteiger partial charge < -0.3 is 20.6 Å². The second-order valence-electron chi connectivity index (χ2n) is 5.47. The summed E-state index contributed by atoms with van der Waals surface area (Å²) < 4.78 is 0. The van der Waals surface area contributed by atoms with E-state index in [1.807, 2.05) is 0 Å². The molecular weight excluding hydrogens is 341 g/mol. The molecule has 0 radical (unpaired) electrons. The largest absolute Gasteiger partial charge is 0.480 e. The number of piperidine rings is 1. The van der Waals surface area contributed by atoms with E-state index < -0.39 is 18.0 Å². The molecule has 126 valence electrons. The molecule has 1 fully saturated rings. The fourth-order valence-electron chi connectivity index (χ4n) is 2.49. The van der Waals surface area contributed by atoms with Gasteiger partial charge in [-0.2, -0.15) is 0 Å². The predicted molar refractivity (Wildman–Crippen MR) is 90.3 cm³/mol. The van der Waals surface area contributed by atoms with Crippen molar-refractivity contribution in [2.24, 2.45) is 0 Å². The zero-order valence-electron chi connectivity index (χ0n) is 12.5. The molecule has 23 heavy (non-hydrogen) atoms. The molecule has 0 aromatic heterocycles. The predicted octanol–water partition coefficient (Wildman–Crippen LogP) is 3.05. The minimum absolute atomic E-state index is 0.288. The second-order valence-corrected chi connectivity index (χ2v) is 6.32. The number of anilines is 1. The molecule has 0 bridgehead atoms. The highest BCUT2D eigenvalue weighted by atomic mass is 35.5. The van der Waals surface area contributed by atoms with Crippen LogP contribution < -0.4 is 10.6 Å². The molecule has 3 N–H and O–H groups in total. The van der Waals surface area contributed by atoms with Gasteiger partial charge in [0.15, 0.2) is 0 Å². The number of benzene rings is 1. The summed E-state index contributed by atoms with van der Waals surface area (Å²) in [5, 5.41) is 15.0. The molecule has 6 nitrogen and oxygen atoms in total. The van der Waals surface area contributed by atoms with Crippen molar-refractivity contribution < 1.29 is 14.7 Å². The number of urea groups is 1. The Kier molecular flexibility index (Phi) is 6.50. The molecule has 1 unspecified atom stereocenters. The maximum absolute atomic E-state index is 12.0. The lowest BCUT2D eigenvalue weighted by Crippen LogP contribution is -2.50. The van der Waals surface area contributed by atoms with Crippen molar-refractivity contribution in [1.82, 2.24) is 10.2 Å². The van der Waals surface area contributed by atoms with Crippen LogP contribution in [0.5, 0.6) is 0 Å². The molecule has 2 amide bonds. The third-order valence-electron chi connectivity index (χ3n) is 3.67. The molecule has 1 aromatic carbocycles. The summed E-state index contributed by atoms with van der Waals surface area (Å²) in [6.45, 7) is 2.00. The monoisotopic (exact) mass is 359 g/mol. The Balaban J connectivity index is 1.93. The third kappa shape index (κ3) is 5.57. The normalized spacial score (nSPS) is 16.6. The average Bonchev–Trinajstić information content (AvgIpc) is 2.50. The number of hydrogen-bond donors (Lipinski definition) is 3. The number of likely N-dealkylation sites (tertiary alicyclic amines) is 1. The number of hydrogen-bond acceptors (Lipinski definition) is 3. The Labute approximate surface area is 144 Å². The highest BCUT2D eigenvalue weighted by Gasteiger charge is 2.24. The maximum atomic E-state index is 12.0. The number of nitrogens with one attached hydrogen (secondary N) is 2. The summed E-state index contributed by atoms with van der Waals surface area (Å²) in [6.07, 6.45) is 3.27. The van der Waals surface area contributed by atoms with Crippen LogP contribution in [0.4, 0.5) is 10.5 Å². The highest BCUT2D eigenvalue weighted by molar-refractivity contribution is 6.36. The van der Waals surface area contributed by atoms with E-state index in [4.69, 9.17) is 23.2 Å². The molecule has 1 atom stereocenters. The van der Waals surface area contributed by atoms with Crippen LogP contribution in [-0.2, 0) is 4.79 Å². The Morgan fingerprint density at radius 2 is 1.91 bits per heavy atom. The van der Waals surface area contributed by atoms with Crippen molar-refractivity contribution in [3.05, 3.63) is 28.2 Å². The summed E-state index contributed by atoms with van der Waals surface area (Å²) in [5.41, 5.74) is 0.371. The summed E-state index contributed by atoms with van der Waals surface area (Å²) in [7, 11) is 0. The van der Waals surface area contributed by atoms with Crippen molar-refractivity contribution >= 4 is 40.9 Å². The Morgan fingerprint density at radius 3 is 2.52 bits per heavy atom. The molecule has 0 saturated carbocycles. The lowest BCUT2D eigenvalue weighted by Gasteiger charge is -2.29. The van der Waals surface area contributed by atoms with E-state index in [-0.39, 0.29) is 11.6 Å². The van der Waals surface area contributed by atoms with Gasteiger partial charge in [-0.05, 0) is 44.1 Å². The number of carboxylic acid groups (broad SMARTS) is 1. The quantitative estimate of drug-likeness (QED) is 0.754. The summed E-state index contributed by atoms with van der Waals surface area (Å²) in [4.78, 5) is 25.4. The standard InChI is InChI=1S/C15H19Cl2N3O3/c16-10-4-5-12(11(17)8-10)18-15(23)19-13(14(21)22)9-20-6-2-1-3-7-20/h4-5,8,13H,1-3,6-7,9H2,(H,21,22)(H2,18,19,23). The number of amides is 2. The second kappa shape index (κ2) is 8.38. The molecule has 0 aliphatic carbocycles. The topological polar surface area (TPSA) is 81.7 Å². The van der Waals surface area contributed by atoms with Gasteiger partial charge in [0.1, 0.15) is 6.04 Å². The molecule has 1 aliphatic rings. The zero-order chi connectivity index (χ0) is 16.8. The Morgan fingerprint density at radius 1 is 1.22 bits per heavy atom. The van der Waals surface area contributed by atoms with Crippen LogP contribution in [0.1, 0.15) is 19.3 Å². The Bertz CT molecular complexity index is 577. The van der Waals surface area contributed by atoms with Gasteiger partial charge in [0, 0.05) is 11.6 Å². The average molecular weight is 360 g/mol. The maximum Gasteiger partial charge on any atom is 0.327 e. The molecule has 1 aromatic rings. The van der Waals surface area contributed by atoms with Crippen LogP contribution in [0.25, 0.3) is 0 Å². The van der Waals surface area contributed by atoms with Gasteiger partial charge in [-0.15, -0.1) is 0 Å². The third-order valence-corrected chi connectivity index (χ3v) is 4.22. The minimum Gasteiger partial charge on any atom is -0.480 e. The van der Waals surface area contributed by atoms with Crippen LogP contribution in [-0.4, -0.2) is 47.7 Å². The van der Waals surface area contributed by atoms with E-state index in [1.54, 1.807) is 12.1 Å². The molecular formula is C15H19Cl2N3O3. The van der Waals surface area contributed by atoms with Crippen molar-refractivity contribution in [2.75, 3.05) is 25.0 Å². The molecule has 2 rings (SSSR count). The fourth-order valence-corrected chi connectivity index (χ4v) is 2.95. The van der Waals surface area contributed by atoms with E-state index >= 15 is 0 Å². The first kappa shape index (κ1) is 17.8. The van der Waals surface area contributed by atoms with Crippen LogP contribution in [0.2, 0.25) is 10.0 Å². The summed E-state index contributed by atoms with van der Waals surface area (Å²) >= 11 is 11.8. The molecule has 1 heterocycles. The van der Waals surface area contributed by atoms with E-state index in [0.717, 1.165) is 32.4 Å². The number of halogens is 2. The lowest BCUT2D eigenvalue weighted by molar-refractivity contribution is -0.139. The number of rotatable bonds is 5. The molecule has 1 aliphatic heterocycles. The van der Waals surface area contributed by atoms with Gasteiger partial charge >= 0.3 is 12.0 Å². The van der Waals surface area contributed by atoms with Gasteiger partial charge in [-0.3, -0.25) is 0 Å². The SMILES string of the molecule is O=C(Nc1ccc(Cl)cc1Cl)NC(CN1CCCCC1)C(=O)O. The van der Waals surface area contributed by atoms with Gasteiger partial charge in [-0.25, -0.2) is 9.59 Å². The Hall–Kier alpha value is -1.50. The number of aliphatic carboxylic acids is 1. The minimum atomic E-state index is -1.06.